The summed E-state index contributed by atoms with van der Waals surface area (Å²) in [6.45, 7) is 4.14. The van der Waals surface area contributed by atoms with Crippen LogP contribution in [0.25, 0.3) is 5.76 Å². The molecule has 0 radical (unpaired) electrons. The predicted molar refractivity (Wildman–Crippen MR) is 122 cm³/mol. The van der Waals surface area contributed by atoms with E-state index in [2.05, 4.69) is 0 Å². The zero-order chi connectivity index (χ0) is 23.7. The molecule has 4 rings (SSSR count). The van der Waals surface area contributed by atoms with Crippen molar-refractivity contribution in [3.63, 3.8) is 0 Å². The molecule has 0 spiro atoms. The number of carbonyl (C=O) groups is 2. The van der Waals surface area contributed by atoms with E-state index in [1.54, 1.807) is 37.3 Å². The number of aliphatic hydroxyl groups is 1. The molecule has 3 aromatic carbocycles. The van der Waals surface area contributed by atoms with Crippen LogP contribution >= 0.6 is 0 Å². The normalized spacial score (nSPS) is 17.4. The molecule has 1 atom stereocenters. The molecule has 1 aliphatic rings. The molecule has 1 amide bonds. The van der Waals surface area contributed by atoms with Crippen molar-refractivity contribution in [2.45, 2.75) is 19.9 Å². The third kappa shape index (κ3) is 4.05. The summed E-state index contributed by atoms with van der Waals surface area (Å²) in [6.07, 6.45) is 0. The molecule has 0 aliphatic carbocycles. The summed E-state index contributed by atoms with van der Waals surface area (Å²) >= 11 is 0. The summed E-state index contributed by atoms with van der Waals surface area (Å²) in [6, 6.07) is 15.2. The van der Waals surface area contributed by atoms with Crippen molar-refractivity contribution in [1.82, 2.24) is 0 Å². The molecule has 2 N–H and O–H groups in total. The number of ether oxygens (including phenoxy) is 1. The first-order valence-corrected chi connectivity index (χ1v) is 10.4. The fraction of sp³-hybridized carbons (Fsp3) is 0.154. The zero-order valence-corrected chi connectivity index (χ0v) is 18.1. The number of hydrogen-bond donors (Lipinski definition) is 2. The molecule has 0 saturated carbocycles. The van der Waals surface area contributed by atoms with E-state index >= 15 is 0 Å². The van der Waals surface area contributed by atoms with Crippen LogP contribution in [0.15, 0.2) is 72.3 Å². The van der Waals surface area contributed by atoms with Crippen LogP contribution in [0.4, 0.5) is 10.1 Å². The van der Waals surface area contributed by atoms with E-state index in [4.69, 9.17) is 4.74 Å². The molecule has 1 heterocycles. The van der Waals surface area contributed by atoms with Gasteiger partial charge in [0.15, 0.2) is 0 Å². The van der Waals surface area contributed by atoms with Gasteiger partial charge in [-0.2, -0.15) is 0 Å². The minimum absolute atomic E-state index is 0.0748. The van der Waals surface area contributed by atoms with E-state index in [0.717, 1.165) is 16.5 Å². The van der Waals surface area contributed by atoms with Crippen LogP contribution in [0.3, 0.4) is 0 Å². The number of aliphatic hydroxyl groups excluding tert-OH is 1. The van der Waals surface area contributed by atoms with Gasteiger partial charge in [0.2, 0.25) is 0 Å². The minimum atomic E-state index is -1.06. The molecule has 6 nitrogen and oxygen atoms in total. The van der Waals surface area contributed by atoms with Gasteiger partial charge in [0.1, 0.15) is 23.1 Å². The smallest absolute Gasteiger partial charge is 0.300 e. The first-order chi connectivity index (χ1) is 15.8. The highest BCUT2D eigenvalue weighted by Gasteiger charge is 2.47. The third-order valence-corrected chi connectivity index (χ3v) is 5.46. The van der Waals surface area contributed by atoms with Gasteiger partial charge < -0.3 is 14.9 Å². The summed E-state index contributed by atoms with van der Waals surface area (Å²) in [5.41, 5.74) is 1.47. The van der Waals surface area contributed by atoms with Gasteiger partial charge in [-0.1, -0.05) is 18.2 Å². The van der Waals surface area contributed by atoms with Gasteiger partial charge in [-0.15, -0.1) is 0 Å². The van der Waals surface area contributed by atoms with Crippen molar-refractivity contribution >= 4 is 23.1 Å². The first-order valence-electron chi connectivity index (χ1n) is 10.4. The second kappa shape index (κ2) is 8.78. The Labute approximate surface area is 190 Å². The standard InChI is InChI=1S/C26H22FNO5/c1-3-33-21-11-10-17(12-15(21)2)24(30)22-23(16-6-4-9-20(29)13-16)28(26(32)25(22)31)19-8-5-7-18(27)14-19/h4-14,23,29-30H,3H2,1-2H3/b24-22+. The quantitative estimate of drug-likeness (QED) is 0.331. The number of phenolic OH excluding ortho intramolecular Hbond substituents is 1. The molecule has 0 aromatic heterocycles. The molecule has 1 unspecified atom stereocenters. The Balaban J connectivity index is 1.92. The lowest BCUT2D eigenvalue weighted by atomic mass is 9.94. The van der Waals surface area contributed by atoms with Crippen LogP contribution in [-0.2, 0) is 9.59 Å². The number of Topliss-reactive ketones (excluding diaryl/α,β-unsaturated/α-hetero) is 1. The Morgan fingerprint density at radius 2 is 1.82 bits per heavy atom. The topological polar surface area (TPSA) is 87.1 Å². The van der Waals surface area contributed by atoms with Crippen molar-refractivity contribution in [2.75, 3.05) is 11.5 Å². The number of hydrogen-bond acceptors (Lipinski definition) is 5. The second-order valence-electron chi connectivity index (χ2n) is 7.66. The molecule has 1 saturated heterocycles. The van der Waals surface area contributed by atoms with Crippen molar-refractivity contribution in [3.05, 3.63) is 94.8 Å². The summed E-state index contributed by atoms with van der Waals surface area (Å²) in [4.78, 5) is 27.3. The van der Waals surface area contributed by atoms with E-state index in [9.17, 15) is 24.2 Å². The first kappa shape index (κ1) is 22.1. The number of phenols is 1. The molecule has 168 valence electrons. The third-order valence-electron chi connectivity index (χ3n) is 5.46. The fourth-order valence-corrected chi connectivity index (χ4v) is 4.00. The maximum absolute atomic E-state index is 14.0. The number of carbonyl (C=O) groups excluding carboxylic acids is 2. The highest BCUT2D eigenvalue weighted by atomic mass is 19.1. The maximum Gasteiger partial charge on any atom is 0.300 e. The van der Waals surface area contributed by atoms with E-state index < -0.39 is 23.5 Å². The van der Waals surface area contributed by atoms with Gasteiger partial charge in [-0.3, -0.25) is 14.5 Å². The molecule has 3 aromatic rings. The van der Waals surface area contributed by atoms with Crippen molar-refractivity contribution in [3.8, 4) is 11.5 Å². The summed E-state index contributed by atoms with van der Waals surface area (Å²) in [7, 11) is 0. The van der Waals surface area contributed by atoms with Crippen LogP contribution in [0.5, 0.6) is 11.5 Å². The van der Waals surface area contributed by atoms with Gasteiger partial charge in [0, 0.05) is 11.3 Å². The molecule has 0 bridgehead atoms. The van der Waals surface area contributed by atoms with Crippen molar-refractivity contribution < 1.29 is 28.9 Å². The predicted octanol–water partition coefficient (Wildman–Crippen LogP) is 4.86. The SMILES string of the molecule is CCOc1ccc(/C(O)=C2\C(=O)C(=O)N(c3cccc(F)c3)C2c2cccc(O)c2)cc1C. The van der Waals surface area contributed by atoms with Gasteiger partial charge >= 0.3 is 0 Å². The summed E-state index contributed by atoms with van der Waals surface area (Å²) in [5, 5.41) is 21.2. The lowest BCUT2D eigenvalue weighted by Crippen LogP contribution is -2.29. The van der Waals surface area contributed by atoms with Crippen molar-refractivity contribution in [2.24, 2.45) is 0 Å². The lowest BCUT2D eigenvalue weighted by Gasteiger charge is -2.25. The number of halogens is 1. The summed E-state index contributed by atoms with van der Waals surface area (Å²) < 4.78 is 19.5. The molecular formula is C26H22FNO5. The lowest BCUT2D eigenvalue weighted by molar-refractivity contribution is -0.132. The molecular weight excluding hydrogens is 425 g/mol. The number of benzene rings is 3. The van der Waals surface area contributed by atoms with Crippen LogP contribution < -0.4 is 9.64 Å². The van der Waals surface area contributed by atoms with Crippen LogP contribution in [0, 0.1) is 12.7 Å². The van der Waals surface area contributed by atoms with E-state index in [1.165, 1.54) is 30.3 Å². The number of nitrogens with zero attached hydrogens (tertiary/aromatic N) is 1. The molecule has 33 heavy (non-hydrogen) atoms. The van der Waals surface area contributed by atoms with E-state index in [0.29, 0.717) is 23.5 Å². The number of anilines is 1. The Bertz CT molecular complexity index is 1280. The van der Waals surface area contributed by atoms with E-state index in [-0.39, 0.29) is 22.8 Å². The van der Waals surface area contributed by atoms with Gasteiger partial charge in [-0.05, 0) is 73.5 Å². The number of aryl methyl sites for hydroxylation is 1. The van der Waals surface area contributed by atoms with Crippen LogP contribution in [0.1, 0.15) is 29.7 Å². The molecule has 1 fully saturated rings. The number of rotatable bonds is 5. The zero-order valence-electron chi connectivity index (χ0n) is 18.1. The number of amides is 1. The maximum atomic E-state index is 14.0. The second-order valence-corrected chi connectivity index (χ2v) is 7.66. The Kier molecular flexibility index (Phi) is 5.87. The number of ketones is 1. The van der Waals surface area contributed by atoms with Gasteiger partial charge in [0.25, 0.3) is 11.7 Å². The largest absolute Gasteiger partial charge is 0.508 e. The molecule has 7 heteroatoms. The summed E-state index contributed by atoms with van der Waals surface area (Å²) in [5.74, 6) is -2.19. The highest BCUT2D eigenvalue weighted by Crippen LogP contribution is 2.43. The number of aromatic hydroxyl groups is 1. The average molecular weight is 447 g/mol. The van der Waals surface area contributed by atoms with Crippen LogP contribution in [-0.4, -0.2) is 28.5 Å². The highest BCUT2D eigenvalue weighted by molar-refractivity contribution is 6.51. The van der Waals surface area contributed by atoms with E-state index in [1.807, 2.05) is 6.92 Å². The Morgan fingerprint density at radius 1 is 1.06 bits per heavy atom. The van der Waals surface area contributed by atoms with Gasteiger partial charge in [-0.25, -0.2) is 4.39 Å². The Hall–Kier alpha value is -4.13. The van der Waals surface area contributed by atoms with Crippen molar-refractivity contribution in [1.29, 1.82) is 0 Å². The average Bonchev–Trinajstić information content (AvgIpc) is 3.05. The monoisotopic (exact) mass is 447 g/mol. The Morgan fingerprint density at radius 3 is 2.48 bits per heavy atom. The minimum Gasteiger partial charge on any atom is -0.508 e. The fourth-order valence-electron chi connectivity index (χ4n) is 4.00. The van der Waals surface area contributed by atoms with Crippen LogP contribution in [0.2, 0.25) is 0 Å². The molecule has 1 aliphatic heterocycles. The van der Waals surface area contributed by atoms with Gasteiger partial charge in [0.05, 0.1) is 18.2 Å².